The third-order valence-corrected chi connectivity index (χ3v) is 13.4. The number of para-hydroxylation sites is 5. The lowest BCUT2D eigenvalue weighted by atomic mass is 9.98. The van der Waals surface area contributed by atoms with Crippen molar-refractivity contribution in [3.05, 3.63) is 224 Å². The molecule has 0 saturated carbocycles. The zero-order valence-electron chi connectivity index (χ0n) is 34.6. The molecule has 0 spiro atoms. The van der Waals surface area contributed by atoms with E-state index >= 15 is 0 Å². The molecule has 14 rings (SSSR count). The number of fused-ring (bicyclic) bond motifs is 12. The number of hydrogen-bond acceptors (Lipinski definition) is 1. The van der Waals surface area contributed by atoms with Crippen LogP contribution in [-0.4, -0.2) is 13.7 Å². The fourth-order valence-electron chi connectivity index (χ4n) is 10.6. The van der Waals surface area contributed by atoms with Crippen LogP contribution >= 0.6 is 0 Å². The monoisotopic (exact) mass is 815 g/mol. The normalized spacial score (nSPS) is 12.1. The van der Waals surface area contributed by atoms with Gasteiger partial charge in [0.2, 0.25) is 0 Å². The SMILES string of the molecule is c1ccc(-n2c3ccccc3c3ccc(-c4cccc5c4c4ccccc4n5-c4ccc5oc6ccc(-c7cccc(-n8c9ccccc9c9ccccc98)c7)cc6c5c4)cc32)cc1. The van der Waals surface area contributed by atoms with Gasteiger partial charge in [-0.3, -0.25) is 0 Å². The van der Waals surface area contributed by atoms with Crippen LogP contribution < -0.4 is 0 Å². The first-order chi connectivity index (χ1) is 31.7. The molecule has 4 heteroatoms. The predicted octanol–water partition coefficient (Wildman–Crippen LogP) is 16.2. The Labute approximate surface area is 367 Å². The number of furan rings is 1. The number of hydrogen-bond donors (Lipinski definition) is 0. The molecule has 0 amide bonds. The second-order valence-corrected chi connectivity index (χ2v) is 16.9. The van der Waals surface area contributed by atoms with Gasteiger partial charge in [0.1, 0.15) is 11.2 Å². The minimum absolute atomic E-state index is 0.874. The summed E-state index contributed by atoms with van der Waals surface area (Å²) in [7, 11) is 0. The standard InChI is InChI=1S/C60H37N3O/c1-2-15-41(16-3-1)61-52-23-8-6-20-47(52)48-31-28-40(36-57(48)61)44-22-13-27-56-60(44)49-21-7-11-26-55(49)63(56)43-30-33-59-51(37-43)50-35-39(29-32-58(50)64-59)38-14-12-17-42(34-38)62-53-24-9-4-18-45(53)46-19-5-10-25-54(46)62/h1-37H. The fourth-order valence-corrected chi connectivity index (χ4v) is 10.6. The largest absolute Gasteiger partial charge is 0.456 e. The predicted molar refractivity (Wildman–Crippen MR) is 268 cm³/mol. The van der Waals surface area contributed by atoms with Gasteiger partial charge in [0.15, 0.2) is 0 Å². The second kappa shape index (κ2) is 13.4. The van der Waals surface area contributed by atoms with E-state index in [1.165, 1.54) is 71.0 Å². The van der Waals surface area contributed by atoms with Crippen LogP contribution in [-0.2, 0) is 0 Å². The molecule has 0 atom stereocenters. The summed E-state index contributed by atoms with van der Waals surface area (Å²) in [5.41, 5.74) is 17.0. The molecule has 4 nitrogen and oxygen atoms in total. The van der Waals surface area contributed by atoms with E-state index in [0.717, 1.165) is 55.6 Å². The van der Waals surface area contributed by atoms with Crippen molar-refractivity contribution in [3.8, 4) is 39.3 Å². The minimum Gasteiger partial charge on any atom is -0.456 e. The van der Waals surface area contributed by atoms with Gasteiger partial charge in [-0.15, -0.1) is 0 Å². The van der Waals surface area contributed by atoms with Crippen LogP contribution in [0.3, 0.4) is 0 Å². The number of benzene rings is 10. The molecule has 0 saturated heterocycles. The van der Waals surface area contributed by atoms with Crippen LogP contribution in [0, 0.1) is 0 Å². The summed E-state index contributed by atoms with van der Waals surface area (Å²) in [6, 6.07) is 81.5. The molecule has 0 unspecified atom stereocenters. The molecule has 10 aromatic carbocycles. The zero-order chi connectivity index (χ0) is 41.9. The van der Waals surface area contributed by atoms with E-state index in [1.54, 1.807) is 0 Å². The molecule has 64 heavy (non-hydrogen) atoms. The Bertz CT molecular complexity index is 4140. The van der Waals surface area contributed by atoms with Gasteiger partial charge in [-0.05, 0) is 113 Å². The van der Waals surface area contributed by atoms with Crippen molar-refractivity contribution in [2.75, 3.05) is 0 Å². The summed E-state index contributed by atoms with van der Waals surface area (Å²) in [5, 5.41) is 9.67. The summed E-state index contributed by atoms with van der Waals surface area (Å²) < 4.78 is 13.7. The van der Waals surface area contributed by atoms with Crippen molar-refractivity contribution in [2.24, 2.45) is 0 Å². The van der Waals surface area contributed by atoms with E-state index in [2.05, 4.69) is 238 Å². The zero-order valence-corrected chi connectivity index (χ0v) is 34.6. The molecular formula is C60H37N3O. The van der Waals surface area contributed by atoms with Crippen molar-refractivity contribution >= 4 is 87.4 Å². The summed E-state index contributed by atoms with van der Waals surface area (Å²) in [6.07, 6.45) is 0. The van der Waals surface area contributed by atoms with E-state index in [1.807, 2.05) is 0 Å². The van der Waals surface area contributed by atoms with E-state index < -0.39 is 0 Å². The van der Waals surface area contributed by atoms with Crippen molar-refractivity contribution in [1.29, 1.82) is 0 Å². The van der Waals surface area contributed by atoms with Gasteiger partial charge in [-0.2, -0.15) is 0 Å². The Morgan fingerprint density at radius 1 is 0.250 bits per heavy atom. The fraction of sp³-hybridized carbons (Fsp3) is 0. The highest BCUT2D eigenvalue weighted by Gasteiger charge is 2.20. The second-order valence-electron chi connectivity index (χ2n) is 16.9. The van der Waals surface area contributed by atoms with E-state index in [4.69, 9.17) is 4.42 Å². The summed E-state index contributed by atoms with van der Waals surface area (Å²) in [4.78, 5) is 0. The summed E-state index contributed by atoms with van der Waals surface area (Å²) >= 11 is 0. The number of rotatable bonds is 5. The van der Waals surface area contributed by atoms with Gasteiger partial charge in [-0.25, -0.2) is 0 Å². The van der Waals surface area contributed by atoms with E-state index in [-0.39, 0.29) is 0 Å². The molecule has 4 aromatic heterocycles. The third kappa shape index (κ3) is 5.05. The highest BCUT2D eigenvalue weighted by atomic mass is 16.3. The van der Waals surface area contributed by atoms with Gasteiger partial charge in [0.25, 0.3) is 0 Å². The van der Waals surface area contributed by atoms with Crippen LogP contribution in [0.2, 0.25) is 0 Å². The molecule has 0 aliphatic rings. The van der Waals surface area contributed by atoms with Crippen LogP contribution in [0.15, 0.2) is 229 Å². The quantitative estimate of drug-likeness (QED) is 0.170. The smallest absolute Gasteiger partial charge is 0.135 e. The molecule has 14 aromatic rings. The Hall–Kier alpha value is -8.60. The Balaban J connectivity index is 0.921. The topological polar surface area (TPSA) is 27.9 Å². The number of nitrogens with zero attached hydrogens (tertiary/aromatic N) is 3. The Morgan fingerprint density at radius 2 is 0.734 bits per heavy atom. The summed E-state index contributed by atoms with van der Waals surface area (Å²) in [6.45, 7) is 0. The third-order valence-electron chi connectivity index (χ3n) is 13.4. The highest BCUT2D eigenvalue weighted by Crippen LogP contribution is 2.43. The maximum absolute atomic E-state index is 6.53. The highest BCUT2D eigenvalue weighted by molar-refractivity contribution is 6.18. The first kappa shape index (κ1) is 35.0. The first-order valence-electron chi connectivity index (χ1n) is 21.9. The van der Waals surface area contributed by atoms with Gasteiger partial charge in [-0.1, -0.05) is 133 Å². The lowest BCUT2D eigenvalue weighted by Crippen LogP contribution is -1.94. The average molecular weight is 816 g/mol. The van der Waals surface area contributed by atoms with Crippen molar-refractivity contribution in [1.82, 2.24) is 13.7 Å². The molecule has 298 valence electrons. The Morgan fingerprint density at radius 3 is 1.45 bits per heavy atom. The van der Waals surface area contributed by atoms with Crippen molar-refractivity contribution in [2.45, 2.75) is 0 Å². The molecular weight excluding hydrogens is 779 g/mol. The summed E-state index contributed by atoms with van der Waals surface area (Å²) in [5.74, 6) is 0. The molecule has 0 fully saturated rings. The molecule has 4 heterocycles. The molecule has 0 bridgehead atoms. The van der Waals surface area contributed by atoms with Gasteiger partial charge in [0, 0.05) is 60.2 Å². The number of aromatic nitrogens is 3. The lowest BCUT2D eigenvalue weighted by molar-refractivity contribution is 0.669. The van der Waals surface area contributed by atoms with Crippen LogP contribution in [0.4, 0.5) is 0 Å². The maximum Gasteiger partial charge on any atom is 0.135 e. The molecule has 0 aliphatic carbocycles. The van der Waals surface area contributed by atoms with Crippen LogP contribution in [0.1, 0.15) is 0 Å². The molecule has 0 N–H and O–H groups in total. The maximum atomic E-state index is 6.53. The van der Waals surface area contributed by atoms with Gasteiger partial charge >= 0.3 is 0 Å². The van der Waals surface area contributed by atoms with E-state index in [0.29, 0.717) is 0 Å². The van der Waals surface area contributed by atoms with Gasteiger partial charge in [0.05, 0.1) is 33.1 Å². The average Bonchev–Trinajstić information content (AvgIpc) is 4.10. The molecule has 0 aliphatic heterocycles. The van der Waals surface area contributed by atoms with Crippen LogP contribution in [0.25, 0.3) is 127 Å². The van der Waals surface area contributed by atoms with Crippen molar-refractivity contribution in [3.63, 3.8) is 0 Å². The van der Waals surface area contributed by atoms with E-state index in [9.17, 15) is 0 Å². The molecule has 0 radical (unpaired) electrons. The van der Waals surface area contributed by atoms with Crippen molar-refractivity contribution < 1.29 is 4.42 Å². The first-order valence-corrected chi connectivity index (χ1v) is 21.9. The Kier molecular flexibility index (Phi) is 7.36. The van der Waals surface area contributed by atoms with Crippen LogP contribution in [0.5, 0.6) is 0 Å². The minimum atomic E-state index is 0.874. The lowest BCUT2D eigenvalue weighted by Gasteiger charge is -2.11. The van der Waals surface area contributed by atoms with Gasteiger partial charge < -0.3 is 18.1 Å².